The minimum Gasteiger partial charge on any atom is -0.486 e. The summed E-state index contributed by atoms with van der Waals surface area (Å²) >= 11 is 0. The minimum absolute atomic E-state index is 0.553. The Hall–Kier alpha value is -2.04. The van der Waals surface area contributed by atoms with Crippen LogP contribution in [0.1, 0.15) is 30.5 Å². The molecule has 0 atom stereocenters. The van der Waals surface area contributed by atoms with Gasteiger partial charge in [-0.25, -0.2) is 0 Å². The first-order valence-corrected chi connectivity index (χ1v) is 8.99. The first-order chi connectivity index (χ1) is 12.1. The first-order valence-electron chi connectivity index (χ1n) is 8.99. The van der Waals surface area contributed by atoms with E-state index in [9.17, 15) is 0 Å². The van der Waals surface area contributed by atoms with Crippen LogP contribution in [0.2, 0.25) is 0 Å². The van der Waals surface area contributed by atoms with Crippen molar-refractivity contribution >= 4 is 0 Å². The van der Waals surface area contributed by atoms with E-state index in [0.717, 1.165) is 31.1 Å². The van der Waals surface area contributed by atoms with Gasteiger partial charge in [-0.15, -0.1) is 0 Å². The van der Waals surface area contributed by atoms with Crippen LogP contribution >= 0.6 is 0 Å². The lowest BCUT2D eigenvalue weighted by Crippen LogP contribution is -2.25. The summed E-state index contributed by atoms with van der Waals surface area (Å²) < 4.78 is 11.2. The van der Waals surface area contributed by atoms with E-state index in [2.05, 4.69) is 67.5 Å². The molecule has 134 valence electrons. The van der Waals surface area contributed by atoms with Gasteiger partial charge in [-0.3, -0.25) is 4.90 Å². The van der Waals surface area contributed by atoms with Crippen LogP contribution in [-0.2, 0) is 19.6 Å². The molecule has 2 aromatic rings. The van der Waals surface area contributed by atoms with Crippen LogP contribution in [0.15, 0.2) is 42.5 Å². The molecule has 0 spiro atoms. The highest BCUT2D eigenvalue weighted by Crippen LogP contribution is 2.30. The van der Waals surface area contributed by atoms with Crippen LogP contribution < -0.4 is 14.8 Å². The van der Waals surface area contributed by atoms with Crippen molar-refractivity contribution in [2.45, 2.75) is 39.5 Å². The molecule has 2 aromatic carbocycles. The maximum absolute atomic E-state index is 5.64. The van der Waals surface area contributed by atoms with Crippen molar-refractivity contribution in [3.8, 4) is 11.5 Å². The van der Waals surface area contributed by atoms with Gasteiger partial charge in [0.1, 0.15) is 13.2 Å². The lowest BCUT2D eigenvalue weighted by molar-refractivity contribution is 0.171. The molecule has 3 rings (SSSR count). The molecule has 0 radical (unpaired) electrons. The lowest BCUT2D eigenvalue weighted by atomic mass is 10.1. The third kappa shape index (κ3) is 4.97. The van der Waals surface area contributed by atoms with Crippen LogP contribution in [0, 0.1) is 0 Å². The molecule has 1 N–H and O–H groups in total. The maximum Gasteiger partial charge on any atom is 0.161 e. The van der Waals surface area contributed by atoms with Crippen molar-refractivity contribution in [3.63, 3.8) is 0 Å². The lowest BCUT2D eigenvalue weighted by Gasteiger charge is -2.21. The molecule has 1 aliphatic heterocycles. The van der Waals surface area contributed by atoms with Gasteiger partial charge >= 0.3 is 0 Å². The molecule has 1 heterocycles. The average molecular weight is 340 g/mol. The number of nitrogens with one attached hydrogen (secondary N) is 1. The van der Waals surface area contributed by atoms with Crippen molar-refractivity contribution in [3.05, 3.63) is 59.2 Å². The second-order valence-electron chi connectivity index (χ2n) is 6.91. The van der Waals surface area contributed by atoms with Crippen LogP contribution in [0.25, 0.3) is 0 Å². The van der Waals surface area contributed by atoms with Crippen molar-refractivity contribution < 1.29 is 9.47 Å². The van der Waals surface area contributed by atoms with Gasteiger partial charge in [-0.05, 0) is 49.7 Å². The summed E-state index contributed by atoms with van der Waals surface area (Å²) in [6.45, 7) is 8.35. The molecule has 4 heteroatoms. The smallest absolute Gasteiger partial charge is 0.161 e. The second kappa shape index (κ2) is 8.37. The monoisotopic (exact) mass is 340 g/mol. The molecule has 0 saturated carbocycles. The Kier molecular flexibility index (Phi) is 5.95. The fraction of sp³-hybridized carbons (Fsp3) is 0.429. The number of rotatable bonds is 7. The second-order valence-corrected chi connectivity index (χ2v) is 6.91. The quantitative estimate of drug-likeness (QED) is 0.835. The van der Waals surface area contributed by atoms with Gasteiger partial charge in [0.15, 0.2) is 11.5 Å². The summed E-state index contributed by atoms with van der Waals surface area (Å²) in [5.74, 6) is 1.70. The topological polar surface area (TPSA) is 33.7 Å². The molecule has 0 amide bonds. The highest BCUT2D eigenvalue weighted by molar-refractivity contribution is 5.43. The van der Waals surface area contributed by atoms with Gasteiger partial charge in [0, 0.05) is 25.7 Å². The zero-order valence-electron chi connectivity index (χ0n) is 15.4. The predicted octanol–water partition coefficient (Wildman–Crippen LogP) is 3.59. The van der Waals surface area contributed by atoms with Crippen molar-refractivity contribution in [2.75, 3.05) is 20.3 Å². The van der Waals surface area contributed by atoms with E-state index in [1.807, 2.05) is 6.07 Å². The minimum atomic E-state index is 0.553. The Labute approximate surface area is 150 Å². The van der Waals surface area contributed by atoms with Gasteiger partial charge in [0.2, 0.25) is 0 Å². The van der Waals surface area contributed by atoms with Gasteiger partial charge < -0.3 is 14.8 Å². The molecule has 1 aliphatic rings. The molecular weight excluding hydrogens is 312 g/mol. The fourth-order valence-corrected chi connectivity index (χ4v) is 2.86. The number of hydrogen-bond acceptors (Lipinski definition) is 4. The van der Waals surface area contributed by atoms with E-state index >= 15 is 0 Å². The van der Waals surface area contributed by atoms with Crippen molar-refractivity contribution in [2.24, 2.45) is 0 Å². The summed E-state index contributed by atoms with van der Waals surface area (Å²) in [6, 6.07) is 15.5. The third-order valence-corrected chi connectivity index (χ3v) is 4.57. The Morgan fingerprint density at radius 3 is 2.36 bits per heavy atom. The molecular formula is C21H28N2O2. The van der Waals surface area contributed by atoms with Crippen molar-refractivity contribution in [1.82, 2.24) is 10.2 Å². The van der Waals surface area contributed by atoms with Crippen LogP contribution in [0.4, 0.5) is 0 Å². The standard InChI is InChI=1S/C21H28N2O2/c1-16(2)23(3)15-19-6-4-5-17(11-19)13-22-14-18-7-8-20-21(12-18)25-10-9-24-20/h4-8,11-12,16,22H,9-10,13-15H2,1-3H3. The number of benzene rings is 2. The predicted molar refractivity (Wildman–Crippen MR) is 101 cm³/mol. The number of fused-ring (bicyclic) bond motifs is 1. The Bertz CT molecular complexity index is 700. The van der Waals surface area contributed by atoms with Gasteiger partial charge in [0.25, 0.3) is 0 Å². The average Bonchev–Trinajstić information content (AvgIpc) is 2.62. The summed E-state index contributed by atoms with van der Waals surface area (Å²) in [5.41, 5.74) is 3.88. The SMILES string of the molecule is CC(C)N(C)Cc1cccc(CNCc2ccc3c(c2)OCCO3)c1. The Morgan fingerprint density at radius 2 is 1.60 bits per heavy atom. The number of hydrogen-bond donors (Lipinski definition) is 1. The van der Waals surface area contributed by atoms with Gasteiger partial charge in [0.05, 0.1) is 0 Å². The highest BCUT2D eigenvalue weighted by Gasteiger charge is 2.11. The maximum atomic E-state index is 5.64. The third-order valence-electron chi connectivity index (χ3n) is 4.57. The first kappa shape index (κ1) is 17.8. The van der Waals surface area contributed by atoms with Gasteiger partial charge in [-0.2, -0.15) is 0 Å². The largest absolute Gasteiger partial charge is 0.486 e. The molecule has 0 aliphatic carbocycles. The summed E-state index contributed by atoms with van der Waals surface area (Å²) in [5, 5.41) is 3.52. The Balaban J connectivity index is 1.53. The summed E-state index contributed by atoms with van der Waals surface area (Å²) in [4.78, 5) is 2.35. The normalized spacial score (nSPS) is 13.5. The molecule has 0 saturated heterocycles. The van der Waals surface area contributed by atoms with E-state index in [0.29, 0.717) is 19.3 Å². The van der Waals surface area contributed by atoms with E-state index < -0.39 is 0 Å². The van der Waals surface area contributed by atoms with Crippen LogP contribution in [-0.4, -0.2) is 31.2 Å². The molecule has 0 unspecified atom stereocenters. The van der Waals surface area contributed by atoms with Crippen molar-refractivity contribution in [1.29, 1.82) is 0 Å². The van der Waals surface area contributed by atoms with Crippen LogP contribution in [0.3, 0.4) is 0 Å². The van der Waals surface area contributed by atoms with E-state index in [1.54, 1.807) is 0 Å². The molecule has 0 fully saturated rings. The molecule has 0 bridgehead atoms. The van der Waals surface area contributed by atoms with Crippen LogP contribution in [0.5, 0.6) is 11.5 Å². The summed E-state index contributed by atoms with van der Waals surface area (Å²) in [7, 11) is 2.16. The van der Waals surface area contributed by atoms with E-state index in [4.69, 9.17) is 9.47 Å². The molecule has 4 nitrogen and oxygen atoms in total. The number of nitrogens with zero attached hydrogens (tertiary/aromatic N) is 1. The highest BCUT2D eigenvalue weighted by atomic mass is 16.6. The zero-order chi connectivity index (χ0) is 17.6. The molecule has 25 heavy (non-hydrogen) atoms. The fourth-order valence-electron chi connectivity index (χ4n) is 2.86. The molecule has 0 aromatic heterocycles. The van der Waals surface area contributed by atoms with E-state index in [1.165, 1.54) is 16.7 Å². The zero-order valence-corrected chi connectivity index (χ0v) is 15.4. The summed E-state index contributed by atoms with van der Waals surface area (Å²) in [6.07, 6.45) is 0. The van der Waals surface area contributed by atoms with Gasteiger partial charge in [-0.1, -0.05) is 30.3 Å². The van der Waals surface area contributed by atoms with E-state index in [-0.39, 0.29) is 0 Å². The number of ether oxygens (including phenoxy) is 2. The Morgan fingerprint density at radius 1 is 0.920 bits per heavy atom.